The Morgan fingerprint density at radius 1 is 1.42 bits per heavy atom. The number of carbonyl (C=O) groups is 1. The molecule has 0 radical (unpaired) electrons. The Morgan fingerprint density at radius 2 is 1.67 bits per heavy atom. The van der Waals surface area contributed by atoms with Crippen molar-refractivity contribution in [3.8, 4) is 0 Å². The van der Waals surface area contributed by atoms with Crippen LogP contribution in [0.25, 0.3) is 0 Å². The third kappa shape index (κ3) is 12.0. The van der Waals surface area contributed by atoms with Gasteiger partial charge in [-0.1, -0.05) is 0 Å². The first-order valence-corrected chi connectivity index (χ1v) is 3.33. The Balaban J connectivity index is 0. The molecule has 12 heavy (non-hydrogen) atoms. The molecule has 1 atom stereocenters. The van der Waals surface area contributed by atoms with Crippen molar-refractivity contribution in [2.45, 2.75) is 19.1 Å². The van der Waals surface area contributed by atoms with Crippen LogP contribution < -0.4 is 5.73 Å². The van der Waals surface area contributed by atoms with Gasteiger partial charge in [-0.3, -0.25) is 4.79 Å². The zero-order valence-electron chi connectivity index (χ0n) is 6.84. The van der Waals surface area contributed by atoms with Gasteiger partial charge in [0.25, 0.3) is 0 Å². The van der Waals surface area contributed by atoms with Crippen LogP contribution in [-0.2, 0) is 4.79 Å². The maximum absolute atomic E-state index is 9.57. The number of hydrogen-bond acceptors (Lipinski definition) is 5. The molecule has 6 N–H and O–H groups in total. The van der Waals surface area contributed by atoms with Gasteiger partial charge in [0, 0.05) is 0 Å². The Hall–Kier alpha value is -0.690. The summed E-state index contributed by atoms with van der Waals surface area (Å²) in [6, 6.07) is -0.731. The molecule has 6 nitrogen and oxygen atoms in total. The number of hydrogen-bond donors (Lipinski definition) is 5. The number of nitrogens with two attached hydrogens (primary N) is 1. The molecule has 0 bridgehead atoms. The van der Waals surface area contributed by atoms with Gasteiger partial charge in [0.1, 0.15) is 12.1 Å². The van der Waals surface area contributed by atoms with E-state index in [4.69, 9.17) is 26.2 Å². The summed E-state index contributed by atoms with van der Waals surface area (Å²) >= 11 is 0. The van der Waals surface area contributed by atoms with Crippen molar-refractivity contribution < 1.29 is 25.2 Å². The second kappa shape index (κ2) is 8.41. The quantitative estimate of drug-likeness (QED) is 0.335. The lowest BCUT2D eigenvalue weighted by atomic mass is 10.4. The fourth-order valence-electron chi connectivity index (χ4n) is 0.0577. The zero-order valence-corrected chi connectivity index (χ0v) is 6.84. The molecule has 0 saturated heterocycles. The standard InChI is InChI=1S/C3H7NO2.C3H8O3/c1-2(4)3(5)6;4-1-3(6)2-5/h2H,4H2,1H3,(H,5,6);3-6H,1-2H2/t2-;/m0./s1. The number of carboxylic acid groups (broad SMARTS) is 1. The molecule has 0 fully saturated rings. The van der Waals surface area contributed by atoms with Gasteiger partial charge in [-0.05, 0) is 6.92 Å². The second-order valence-electron chi connectivity index (χ2n) is 2.15. The fourth-order valence-corrected chi connectivity index (χ4v) is 0.0577. The van der Waals surface area contributed by atoms with Crippen molar-refractivity contribution >= 4 is 5.97 Å². The summed E-state index contributed by atoms with van der Waals surface area (Å²) in [5.74, 6) is -0.963. The normalized spacial score (nSPS) is 11.8. The Kier molecular flexibility index (Phi) is 9.72. The average Bonchev–Trinajstić information content (AvgIpc) is 2.04. The van der Waals surface area contributed by atoms with Crippen molar-refractivity contribution in [1.82, 2.24) is 0 Å². The topological polar surface area (TPSA) is 124 Å². The van der Waals surface area contributed by atoms with Gasteiger partial charge in [-0.25, -0.2) is 0 Å². The van der Waals surface area contributed by atoms with E-state index in [-0.39, 0.29) is 13.2 Å². The summed E-state index contributed by atoms with van der Waals surface area (Å²) in [5.41, 5.74) is 4.84. The van der Waals surface area contributed by atoms with Gasteiger partial charge in [0.15, 0.2) is 0 Å². The van der Waals surface area contributed by atoms with Crippen LogP contribution in [0.1, 0.15) is 6.92 Å². The summed E-state index contributed by atoms with van der Waals surface area (Å²) in [7, 11) is 0. The van der Waals surface area contributed by atoms with E-state index < -0.39 is 18.1 Å². The van der Waals surface area contributed by atoms with Crippen LogP contribution in [0.3, 0.4) is 0 Å². The third-order valence-corrected chi connectivity index (χ3v) is 0.811. The van der Waals surface area contributed by atoms with Crippen LogP contribution in [0.15, 0.2) is 0 Å². The van der Waals surface area contributed by atoms with Gasteiger partial charge >= 0.3 is 5.97 Å². The minimum absolute atomic E-state index is 0.365. The van der Waals surface area contributed by atoms with Gasteiger partial charge in [0.2, 0.25) is 0 Å². The van der Waals surface area contributed by atoms with Crippen LogP contribution in [0.5, 0.6) is 0 Å². The van der Waals surface area contributed by atoms with E-state index >= 15 is 0 Å². The fraction of sp³-hybridized carbons (Fsp3) is 0.833. The molecule has 0 aromatic heterocycles. The Morgan fingerprint density at radius 3 is 1.67 bits per heavy atom. The first-order valence-electron chi connectivity index (χ1n) is 3.33. The highest BCUT2D eigenvalue weighted by molar-refractivity contribution is 5.72. The number of aliphatic hydroxyl groups excluding tert-OH is 3. The molecule has 0 spiro atoms. The van der Waals surface area contributed by atoms with Gasteiger partial charge in [-0.15, -0.1) is 0 Å². The summed E-state index contributed by atoms with van der Waals surface area (Å²) in [4.78, 5) is 9.57. The molecule has 0 unspecified atom stereocenters. The van der Waals surface area contributed by atoms with Crippen molar-refractivity contribution in [3.63, 3.8) is 0 Å². The minimum atomic E-state index is -0.963. The monoisotopic (exact) mass is 181 g/mol. The smallest absolute Gasteiger partial charge is 0.320 e. The van der Waals surface area contributed by atoms with E-state index in [1.165, 1.54) is 6.92 Å². The van der Waals surface area contributed by atoms with Crippen LogP contribution in [0.2, 0.25) is 0 Å². The summed E-state index contributed by atoms with van der Waals surface area (Å²) in [6.45, 7) is 0.690. The lowest BCUT2D eigenvalue weighted by molar-refractivity contribution is -0.138. The maximum atomic E-state index is 9.57. The highest BCUT2D eigenvalue weighted by Gasteiger charge is 1.99. The highest BCUT2D eigenvalue weighted by Crippen LogP contribution is 1.71. The molecule has 74 valence electrons. The molecule has 0 amide bonds. The molecule has 6 heteroatoms. The van der Waals surface area contributed by atoms with Gasteiger partial charge < -0.3 is 26.2 Å². The Bertz CT molecular complexity index is 113. The largest absolute Gasteiger partial charge is 0.480 e. The number of rotatable bonds is 3. The van der Waals surface area contributed by atoms with Crippen molar-refractivity contribution in [2.75, 3.05) is 13.2 Å². The third-order valence-electron chi connectivity index (χ3n) is 0.811. The van der Waals surface area contributed by atoms with Crippen LogP contribution in [-0.4, -0.2) is 51.8 Å². The van der Waals surface area contributed by atoms with Gasteiger partial charge in [-0.2, -0.15) is 0 Å². The molecular formula is C6H15NO5. The average molecular weight is 181 g/mol. The SMILES string of the molecule is C[C@H](N)C(=O)O.OCC(O)CO. The Labute approximate surface area is 70.2 Å². The number of aliphatic hydroxyl groups is 3. The zero-order chi connectivity index (χ0) is 10.1. The molecule has 0 aliphatic rings. The number of carboxylic acids is 1. The lowest BCUT2D eigenvalue weighted by Gasteiger charge is -1.96. The molecule has 0 saturated carbocycles. The van der Waals surface area contributed by atoms with E-state index in [9.17, 15) is 4.79 Å². The highest BCUT2D eigenvalue weighted by atomic mass is 16.4. The predicted octanol–water partition coefficient (Wildman–Crippen LogP) is -2.25. The minimum Gasteiger partial charge on any atom is -0.480 e. The van der Waals surface area contributed by atoms with Crippen LogP contribution in [0, 0.1) is 0 Å². The first kappa shape index (κ1) is 13.9. The first-order chi connectivity index (χ1) is 5.45. The molecule has 0 aromatic carbocycles. The summed E-state index contributed by atoms with van der Waals surface area (Å²) in [6.07, 6.45) is -0.954. The van der Waals surface area contributed by atoms with E-state index in [1.54, 1.807) is 0 Å². The molecule has 0 rings (SSSR count). The summed E-state index contributed by atoms with van der Waals surface area (Å²) in [5, 5.41) is 31.9. The maximum Gasteiger partial charge on any atom is 0.320 e. The van der Waals surface area contributed by atoms with E-state index in [2.05, 4.69) is 0 Å². The predicted molar refractivity (Wildman–Crippen MR) is 41.5 cm³/mol. The molecule has 0 aromatic rings. The van der Waals surface area contributed by atoms with E-state index in [1.807, 2.05) is 0 Å². The molecular weight excluding hydrogens is 166 g/mol. The van der Waals surface area contributed by atoms with Crippen molar-refractivity contribution in [1.29, 1.82) is 0 Å². The number of aliphatic carboxylic acids is 1. The van der Waals surface area contributed by atoms with Crippen LogP contribution in [0.4, 0.5) is 0 Å². The molecule has 0 heterocycles. The van der Waals surface area contributed by atoms with Crippen LogP contribution >= 0.6 is 0 Å². The van der Waals surface area contributed by atoms with Crippen molar-refractivity contribution in [2.24, 2.45) is 5.73 Å². The molecule has 0 aliphatic carbocycles. The molecule has 0 aliphatic heterocycles. The van der Waals surface area contributed by atoms with E-state index in [0.29, 0.717) is 0 Å². The van der Waals surface area contributed by atoms with Gasteiger partial charge in [0.05, 0.1) is 13.2 Å². The van der Waals surface area contributed by atoms with Crippen molar-refractivity contribution in [3.05, 3.63) is 0 Å². The lowest BCUT2D eigenvalue weighted by Crippen LogP contribution is -2.25. The van der Waals surface area contributed by atoms with E-state index in [0.717, 1.165) is 0 Å². The summed E-state index contributed by atoms with van der Waals surface area (Å²) < 4.78 is 0. The second-order valence-corrected chi connectivity index (χ2v) is 2.15.